The molecule has 1 unspecified atom stereocenters. The van der Waals surface area contributed by atoms with Crippen molar-refractivity contribution < 1.29 is 4.79 Å². The number of aromatic amines is 1. The maximum atomic E-state index is 13.5. The Morgan fingerprint density at radius 1 is 1.36 bits per heavy atom. The van der Waals surface area contributed by atoms with Gasteiger partial charge < -0.3 is 4.90 Å². The number of likely N-dealkylation sites (tertiary alicyclic amines) is 1. The fraction of sp³-hybridized carbons (Fsp3) is 0.476. The number of carbonyl (C=O) groups is 1. The number of aryl methyl sites for hydroxylation is 2. The minimum Gasteiger partial charge on any atom is -0.330 e. The van der Waals surface area contributed by atoms with Crippen LogP contribution in [0.4, 0.5) is 0 Å². The molecule has 1 amide bonds. The first kappa shape index (κ1) is 18.7. The third-order valence-corrected chi connectivity index (χ3v) is 5.75. The molecule has 1 aromatic carbocycles. The molecule has 2 aromatic heterocycles. The van der Waals surface area contributed by atoms with Gasteiger partial charge in [0.2, 0.25) is 0 Å². The molecule has 0 spiro atoms. The number of benzene rings is 1. The number of nitrogens with zero attached hydrogens (tertiary/aromatic N) is 5. The first-order valence-electron chi connectivity index (χ1n) is 10.0. The number of H-pyrrole nitrogens is 1. The standard InChI is InChI=1S/C21H28N6O/c1-4-26-11-7-8-16(26)13-27(14-17-12-15(2)24-25(17)3)21(28)20-18-9-5-6-10-19(18)22-23-20/h5-6,9-10,12,16H,4,7-8,11,13-14H2,1-3H3,(H,22,23). The fourth-order valence-corrected chi connectivity index (χ4v) is 4.28. The summed E-state index contributed by atoms with van der Waals surface area (Å²) >= 11 is 0. The molecule has 28 heavy (non-hydrogen) atoms. The van der Waals surface area contributed by atoms with Gasteiger partial charge in [-0.3, -0.25) is 19.5 Å². The molecule has 0 saturated carbocycles. The average molecular weight is 380 g/mol. The van der Waals surface area contributed by atoms with E-state index >= 15 is 0 Å². The van der Waals surface area contributed by atoms with Crippen LogP contribution in [0.3, 0.4) is 0 Å². The van der Waals surface area contributed by atoms with Crippen LogP contribution in [0.25, 0.3) is 10.9 Å². The van der Waals surface area contributed by atoms with E-state index in [1.54, 1.807) is 0 Å². The number of hydrogen-bond acceptors (Lipinski definition) is 4. The SMILES string of the molecule is CCN1CCCC1CN(Cc1cc(C)nn1C)C(=O)c1n[nH]c2ccccc12. The van der Waals surface area contributed by atoms with E-state index in [-0.39, 0.29) is 5.91 Å². The van der Waals surface area contributed by atoms with Crippen LogP contribution in [0, 0.1) is 6.92 Å². The molecule has 1 N–H and O–H groups in total. The number of likely N-dealkylation sites (N-methyl/N-ethyl adjacent to an activating group) is 1. The van der Waals surface area contributed by atoms with Gasteiger partial charge >= 0.3 is 0 Å². The molecule has 7 nitrogen and oxygen atoms in total. The Morgan fingerprint density at radius 3 is 2.93 bits per heavy atom. The third kappa shape index (κ3) is 3.54. The Balaban J connectivity index is 1.65. The molecule has 3 heterocycles. The molecule has 4 rings (SSSR count). The molecule has 148 valence electrons. The molecule has 1 aliphatic heterocycles. The highest BCUT2D eigenvalue weighted by atomic mass is 16.2. The zero-order valence-electron chi connectivity index (χ0n) is 16.9. The molecule has 3 aromatic rings. The van der Waals surface area contributed by atoms with Crippen molar-refractivity contribution in [1.29, 1.82) is 0 Å². The number of aromatic nitrogens is 4. The van der Waals surface area contributed by atoms with Crippen molar-refractivity contribution in [2.75, 3.05) is 19.6 Å². The van der Waals surface area contributed by atoms with Crippen LogP contribution >= 0.6 is 0 Å². The lowest BCUT2D eigenvalue weighted by Gasteiger charge is -2.30. The van der Waals surface area contributed by atoms with Crippen molar-refractivity contribution in [3.8, 4) is 0 Å². The molecule has 0 bridgehead atoms. The smallest absolute Gasteiger partial charge is 0.275 e. The Kier molecular flexibility index (Phi) is 5.17. The van der Waals surface area contributed by atoms with Gasteiger partial charge in [-0.25, -0.2) is 0 Å². The van der Waals surface area contributed by atoms with Crippen molar-refractivity contribution in [1.82, 2.24) is 29.8 Å². The first-order valence-corrected chi connectivity index (χ1v) is 10.0. The predicted molar refractivity (Wildman–Crippen MR) is 109 cm³/mol. The van der Waals surface area contributed by atoms with Crippen molar-refractivity contribution in [3.63, 3.8) is 0 Å². The van der Waals surface area contributed by atoms with E-state index in [4.69, 9.17) is 0 Å². The van der Waals surface area contributed by atoms with Gasteiger partial charge in [0, 0.05) is 25.0 Å². The summed E-state index contributed by atoms with van der Waals surface area (Å²) in [6, 6.07) is 10.2. The molecule has 1 fully saturated rings. The van der Waals surface area contributed by atoms with Gasteiger partial charge in [-0.2, -0.15) is 10.2 Å². The Hall–Kier alpha value is -2.67. The van der Waals surface area contributed by atoms with Crippen LogP contribution in [-0.4, -0.2) is 61.4 Å². The highest BCUT2D eigenvalue weighted by molar-refractivity contribution is 6.04. The zero-order chi connectivity index (χ0) is 19.7. The van der Waals surface area contributed by atoms with Crippen LogP contribution in [0.2, 0.25) is 0 Å². The van der Waals surface area contributed by atoms with E-state index in [0.717, 1.165) is 41.8 Å². The first-order chi connectivity index (χ1) is 13.6. The Bertz CT molecular complexity index is 974. The van der Waals surface area contributed by atoms with Gasteiger partial charge in [-0.05, 0) is 45.0 Å². The Morgan fingerprint density at radius 2 is 2.18 bits per heavy atom. The van der Waals surface area contributed by atoms with Gasteiger partial charge in [0.1, 0.15) is 0 Å². The number of rotatable bonds is 6. The van der Waals surface area contributed by atoms with Gasteiger partial charge in [0.05, 0.1) is 23.4 Å². The molecule has 1 saturated heterocycles. The number of hydrogen-bond donors (Lipinski definition) is 1. The van der Waals surface area contributed by atoms with Crippen LogP contribution < -0.4 is 0 Å². The predicted octanol–water partition coefficient (Wildman–Crippen LogP) is 2.73. The summed E-state index contributed by atoms with van der Waals surface area (Å²) in [7, 11) is 1.93. The van der Waals surface area contributed by atoms with Crippen molar-refractivity contribution in [2.45, 2.75) is 39.3 Å². The molecular weight excluding hydrogens is 352 g/mol. The zero-order valence-corrected chi connectivity index (χ0v) is 16.9. The van der Waals surface area contributed by atoms with Crippen molar-refractivity contribution in [3.05, 3.63) is 47.4 Å². The second-order valence-electron chi connectivity index (χ2n) is 7.63. The van der Waals surface area contributed by atoms with Crippen molar-refractivity contribution in [2.24, 2.45) is 7.05 Å². The minimum absolute atomic E-state index is 0.0285. The van der Waals surface area contributed by atoms with Gasteiger partial charge in [0.25, 0.3) is 5.91 Å². The molecule has 1 aliphatic rings. The topological polar surface area (TPSA) is 70.1 Å². The quantitative estimate of drug-likeness (QED) is 0.714. The van der Waals surface area contributed by atoms with Gasteiger partial charge in [0.15, 0.2) is 5.69 Å². The molecule has 0 aliphatic carbocycles. The van der Waals surface area contributed by atoms with E-state index in [1.807, 2.05) is 47.8 Å². The number of fused-ring (bicyclic) bond motifs is 1. The van der Waals surface area contributed by atoms with E-state index in [0.29, 0.717) is 24.8 Å². The molecule has 7 heteroatoms. The molecule has 0 radical (unpaired) electrons. The maximum Gasteiger partial charge on any atom is 0.275 e. The highest BCUT2D eigenvalue weighted by Crippen LogP contribution is 2.22. The number of carbonyl (C=O) groups excluding carboxylic acids is 1. The summed E-state index contributed by atoms with van der Waals surface area (Å²) in [6.45, 7) is 7.54. The van der Waals surface area contributed by atoms with E-state index in [9.17, 15) is 4.79 Å². The van der Waals surface area contributed by atoms with Gasteiger partial charge in [-0.1, -0.05) is 25.1 Å². The summed E-state index contributed by atoms with van der Waals surface area (Å²) in [4.78, 5) is 17.9. The number of para-hydroxylation sites is 1. The second-order valence-corrected chi connectivity index (χ2v) is 7.63. The Labute approximate surface area is 165 Å². The maximum absolute atomic E-state index is 13.5. The normalized spacial score (nSPS) is 17.5. The summed E-state index contributed by atoms with van der Waals surface area (Å²) in [5.74, 6) is -0.0285. The lowest BCUT2D eigenvalue weighted by molar-refractivity contribution is 0.0683. The van der Waals surface area contributed by atoms with E-state index in [1.165, 1.54) is 6.42 Å². The third-order valence-electron chi connectivity index (χ3n) is 5.75. The summed E-state index contributed by atoms with van der Waals surface area (Å²) in [6.07, 6.45) is 2.32. The lowest BCUT2D eigenvalue weighted by atomic mass is 10.1. The lowest BCUT2D eigenvalue weighted by Crippen LogP contribution is -2.43. The largest absolute Gasteiger partial charge is 0.330 e. The average Bonchev–Trinajstić information content (AvgIpc) is 3.39. The second kappa shape index (κ2) is 7.75. The summed E-state index contributed by atoms with van der Waals surface area (Å²) in [5.41, 5.74) is 3.38. The number of amides is 1. The van der Waals surface area contributed by atoms with Crippen LogP contribution in [0.15, 0.2) is 30.3 Å². The van der Waals surface area contributed by atoms with Crippen LogP contribution in [-0.2, 0) is 13.6 Å². The van der Waals surface area contributed by atoms with Crippen LogP contribution in [0.5, 0.6) is 0 Å². The van der Waals surface area contributed by atoms with E-state index in [2.05, 4.69) is 33.2 Å². The van der Waals surface area contributed by atoms with E-state index < -0.39 is 0 Å². The molecule has 1 atom stereocenters. The summed E-state index contributed by atoms with van der Waals surface area (Å²) < 4.78 is 1.87. The van der Waals surface area contributed by atoms with Crippen LogP contribution in [0.1, 0.15) is 41.6 Å². The van der Waals surface area contributed by atoms with Crippen molar-refractivity contribution >= 4 is 16.8 Å². The highest BCUT2D eigenvalue weighted by Gasteiger charge is 2.29. The number of nitrogens with one attached hydrogen (secondary N) is 1. The molecular formula is C21H28N6O. The minimum atomic E-state index is -0.0285. The fourth-order valence-electron chi connectivity index (χ4n) is 4.28. The monoisotopic (exact) mass is 380 g/mol. The van der Waals surface area contributed by atoms with Gasteiger partial charge in [-0.15, -0.1) is 0 Å². The summed E-state index contributed by atoms with van der Waals surface area (Å²) in [5, 5.41) is 12.7.